The zero-order valence-electron chi connectivity index (χ0n) is 16.7. The maximum atomic E-state index is 13.2. The number of thioether (sulfide) groups is 1. The van der Waals surface area contributed by atoms with Gasteiger partial charge in [-0.05, 0) is 48.5 Å². The third-order valence-electron chi connectivity index (χ3n) is 4.25. The number of aromatic nitrogens is 4. The van der Waals surface area contributed by atoms with Gasteiger partial charge in [0.05, 0.1) is 17.1 Å². The first-order valence-corrected chi connectivity index (χ1v) is 11.2. The number of hydrogen-bond donors (Lipinski definition) is 1. The first kappa shape index (κ1) is 22.9. The molecule has 0 atom stereocenters. The van der Waals surface area contributed by atoms with Crippen molar-refractivity contribution in [2.45, 2.75) is 5.16 Å². The van der Waals surface area contributed by atoms with Crippen molar-refractivity contribution < 1.29 is 9.18 Å². The van der Waals surface area contributed by atoms with Gasteiger partial charge in [0.25, 0.3) is 0 Å². The van der Waals surface area contributed by atoms with Crippen molar-refractivity contribution in [3.63, 3.8) is 0 Å². The zero-order chi connectivity index (χ0) is 23.4. The van der Waals surface area contributed by atoms with E-state index in [2.05, 4.69) is 20.4 Å². The molecule has 0 bridgehead atoms. The van der Waals surface area contributed by atoms with Crippen LogP contribution in [-0.4, -0.2) is 31.4 Å². The van der Waals surface area contributed by atoms with Gasteiger partial charge >= 0.3 is 0 Å². The summed E-state index contributed by atoms with van der Waals surface area (Å²) in [5.41, 5.74) is 1.13. The molecule has 0 fully saturated rings. The van der Waals surface area contributed by atoms with E-state index in [1.54, 1.807) is 36.4 Å². The lowest BCUT2D eigenvalue weighted by molar-refractivity contribution is -0.113. The lowest BCUT2D eigenvalue weighted by Crippen LogP contribution is -2.15. The second-order valence-electron chi connectivity index (χ2n) is 6.67. The van der Waals surface area contributed by atoms with Gasteiger partial charge in [0.15, 0.2) is 10.9 Å². The Morgan fingerprint density at radius 2 is 1.79 bits per heavy atom. The summed E-state index contributed by atoms with van der Waals surface area (Å²) in [5, 5.41) is 8.14. The number of hydrogen-bond acceptors (Lipinski definition) is 6. The van der Waals surface area contributed by atoms with Crippen LogP contribution >= 0.6 is 35.0 Å². The van der Waals surface area contributed by atoms with Crippen LogP contribution in [0.5, 0.6) is 0 Å². The van der Waals surface area contributed by atoms with Gasteiger partial charge in [-0.2, -0.15) is 5.10 Å². The number of amides is 1. The Labute approximate surface area is 201 Å². The van der Waals surface area contributed by atoms with E-state index in [1.165, 1.54) is 35.3 Å². The fourth-order valence-corrected chi connectivity index (χ4v) is 3.97. The Bertz CT molecular complexity index is 1360. The van der Waals surface area contributed by atoms with Crippen molar-refractivity contribution >= 4 is 46.6 Å². The molecule has 7 nitrogen and oxygen atoms in total. The van der Waals surface area contributed by atoms with Gasteiger partial charge in [-0.25, -0.2) is 19.0 Å². The van der Waals surface area contributed by atoms with Crippen LogP contribution in [0, 0.1) is 5.82 Å². The third-order valence-corrected chi connectivity index (χ3v) is 5.55. The fourth-order valence-electron chi connectivity index (χ4n) is 2.82. The number of halogens is 3. The lowest BCUT2D eigenvalue weighted by Gasteiger charge is -2.08. The Balaban J connectivity index is 1.50. The molecule has 4 rings (SSSR count). The number of carbonyl (C=O) groups is 1. The van der Waals surface area contributed by atoms with E-state index in [0.717, 1.165) is 11.8 Å². The highest BCUT2D eigenvalue weighted by Crippen LogP contribution is 2.23. The molecular formula is C22H14Cl2FN5O2S. The highest BCUT2D eigenvalue weighted by Gasteiger charge is 2.12. The van der Waals surface area contributed by atoms with Crippen molar-refractivity contribution in [2.24, 2.45) is 0 Å². The van der Waals surface area contributed by atoms with Crippen molar-refractivity contribution in [1.29, 1.82) is 0 Å². The number of benzene rings is 2. The predicted octanol–water partition coefficient (Wildman–Crippen LogP) is 4.87. The highest BCUT2D eigenvalue weighted by molar-refractivity contribution is 7.99. The Morgan fingerprint density at radius 1 is 1.06 bits per heavy atom. The SMILES string of the molecule is O=C(CSc1nccc(-c2nn(-c3ccc(F)cc3)ccc2=O)n1)Nc1cc(Cl)cc(Cl)c1. The summed E-state index contributed by atoms with van der Waals surface area (Å²) in [6.45, 7) is 0. The minimum absolute atomic E-state index is 0.0234. The molecule has 0 spiro atoms. The van der Waals surface area contributed by atoms with E-state index in [4.69, 9.17) is 23.2 Å². The first-order valence-electron chi connectivity index (χ1n) is 9.45. The molecule has 0 saturated heterocycles. The van der Waals surface area contributed by atoms with Crippen LogP contribution in [0.4, 0.5) is 10.1 Å². The number of nitrogens with zero attached hydrogens (tertiary/aromatic N) is 4. The molecule has 2 aromatic heterocycles. The monoisotopic (exact) mass is 501 g/mol. The van der Waals surface area contributed by atoms with Crippen molar-refractivity contribution in [1.82, 2.24) is 19.7 Å². The van der Waals surface area contributed by atoms with Gasteiger partial charge in [-0.3, -0.25) is 9.59 Å². The van der Waals surface area contributed by atoms with Crippen molar-refractivity contribution in [3.8, 4) is 17.1 Å². The molecule has 4 aromatic rings. The third kappa shape index (κ3) is 5.95. The molecule has 0 saturated carbocycles. The lowest BCUT2D eigenvalue weighted by atomic mass is 10.2. The average Bonchev–Trinajstić information content (AvgIpc) is 2.78. The largest absolute Gasteiger partial charge is 0.325 e. The van der Waals surface area contributed by atoms with Crippen LogP contribution in [0.2, 0.25) is 10.0 Å². The molecule has 0 aliphatic carbocycles. The summed E-state index contributed by atoms with van der Waals surface area (Å²) in [4.78, 5) is 33.2. The van der Waals surface area contributed by atoms with Gasteiger partial charge in [-0.15, -0.1) is 0 Å². The molecule has 1 N–H and O–H groups in total. The summed E-state index contributed by atoms with van der Waals surface area (Å²) < 4.78 is 14.7. The van der Waals surface area contributed by atoms with Crippen molar-refractivity contribution in [2.75, 3.05) is 11.1 Å². The molecule has 0 unspecified atom stereocenters. The number of anilines is 1. The van der Waals surface area contributed by atoms with Crippen LogP contribution in [0.3, 0.4) is 0 Å². The molecule has 11 heteroatoms. The number of nitrogens with one attached hydrogen (secondary N) is 1. The van der Waals surface area contributed by atoms with Crippen LogP contribution in [-0.2, 0) is 4.79 Å². The second kappa shape index (κ2) is 10.1. The molecule has 2 heterocycles. The van der Waals surface area contributed by atoms with Crippen molar-refractivity contribution in [3.05, 3.63) is 93.1 Å². The molecule has 0 radical (unpaired) electrons. The Hall–Kier alpha value is -3.27. The molecule has 0 aliphatic heterocycles. The van der Waals surface area contributed by atoms with E-state index in [-0.39, 0.29) is 28.6 Å². The first-order chi connectivity index (χ1) is 15.9. The maximum absolute atomic E-state index is 13.2. The van der Waals surface area contributed by atoms with E-state index < -0.39 is 0 Å². The topological polar surface area (TPSA) is 89.8 Å². The van der Waals surface area contributed by atoms with Gasteiger partial charge in [0, 0.05) is 34.2 Å². The molecule has 1 amide bonds. The van der Waals surface area contributed by atoms with Gasteiger partial charge in [0.1, 0.15) is 5.82 Å². The minimum atomic E-state index is -0.375. The summed E-state index contributed by atoms with van der Waals surface area (Å²) in [5.74, 6) is -0.654. The Morgan fingerprint density at radius 3 is 2.52 bits per heavy atom. The zero-order valence-corrected chi connectivity index (χ0v) is 19.0. The molecule has 2 aromatic carbocycles. The quantitative estimate of drug-likeness (QED) is 0.299. The van der Waals surface area contributed by atoms with E-state index in [0.29, 0.717) is 32.3 Å². The van der Waals surface area contributed by atoms with E-state index in [1.807, 2.05) is 0 Å². The summed E-state index contributed by atoms with van der Waals surface area (Å²) in [7, 11) is 0. The van der Waals surface area contributed by atoms with Gasteiger partial charge in [0.2, 0.25) is 11.3 Å². The summed E-state index contributed by atoms with van der Waals surface area (Å²) in [6, 6.07) is 13.3. The maximum Gasteiger partial charge on any atom is 0.234 e. The molecule has 0 aliphatic rings. The second-order valence-corrected chi connectivity index (χ2v) is 8.48. The standard InChI is InChI=1S/C22H14Cl2FN5O2S/c23-13-9-14(24)11-16(10-13)27-20(32)12-33-22-26-7-5-18(28-22)21-19(31)6-8-30(29-21)17-3-1-15(25)2-4-17/h1-11H,12H2,(H,27,32). The normalized spacial score (nSPS) is 10.8. The summed E-state index contributed by atoms with van der Waals surface area (Å²) >= 11 is 13.0. The van der Waals surface area contributed by atoms with E-state index >= 15 is 0 Å². The van der Waals surface area contributed by atoms with Gasteiger partial charge in [-0.1, -0.05) is 35.0 Å². The predicted molar refractivity (Wildman–Crippen MR) is 127 cm³/mol. The molecule has 33 heavy (non-hydrogen) atoms. The Kier molecular flexibility index (Phi) is 7.02. The van der Waals surface area contributed by atoms with Crippen LogP contribution in [0.1, 0.15) is 0 Å². The van der Waals surface area contributed by atoms with Crippen LogP contribution in [0.25, 0.3) is 17.1 Å². The van der Waals surface area contributed by atoms with Crippen LogP contribution < -0.4 is 10.7 Å². The number of carbonyl (C=O) groups excluding carboxylic acids is 1. The molecular weight excluding hydrogens is 488 g/mol. The van der Waals surface area contributed by atoms with E-state index in [9.17, 15) is 14.0 Å². The van der Waals surface area contributed by atoms with Crippen LogP contribution in [0.15, 0.2) is 76.9 Å². The average molecular weight is 502 g/mol. The number of rotatable bonds is 6. The minimum Gasteiger partial charge on any atom is -0.325 e. The molecule has 166 valence electrons. The van der Waals surface area contributed by atoms with Gasteiger partial charge < -0.3 is 5.32 Å². The summed E-state index contributed by atoms with van der Waals surface area (Å²) in [6.07, 6.45) is 2.97. The fraction of sp³-hybridized carbons (Fsp3) is 0.0455. The smallest absolute Gasteiger partial charge is 0.234 e. The highest BCUT2D eigenvalue weighted by atomic mass is 35.5.